The molecular weight excluding hydrogens is 346 g/mol. The van der Waals surface area contributed by atoms with Gasteiger partial charge in [0.1, 0.15) is 5.60 Å². The van der Waals surface area contributed by atoms with Crippen molar-refractivity contribution in [2.75, 3.05) is 0 Å². The molecule has 134 valence electrons. The molecule has 1 heterocycles. The molecule has 0 aliphatic carbocycles. The summed E-state index contributed by atoms with van der Waals surface area (Å²) in [5, 5.41) is 11.0. The highest BCUT2D eigenvalue weighted by atomic mass is 32.2. The van der Waals surface area contributed by atoms with Crippen LogP contribution in [0.5, 0.6) is 5.88 Å². The van der Waals surface area contributed by atoms with Crippen molar-refractivity contribution in [2.24, 2.45) is 0 Å². The Hall–Kier alpha value is -2.52. The quantitative estimate of drug-likeness (QED) is 0.622. The van der Waals surface area contributed by atoms with Gasteiger partial charge in [0.05, 0.1) is 17.2 Å². The van der Waals surface area contributed by atoms with Gasteiger partial charge in [-0.1, -0.05) is 18.2 Å². The smallest absolute Gasteiger partial charge is 0.289 e. The van der Waals surface area contributed by atoms with Crippen LogP contribution in [0.2, 0.25) is 0 Å². The van der Waals surface area contributed by atoms with Crippen molar-refractivity contribution in [3.8, 4) is 5.88 Å². The van der Waals surface area contributed by atoms with Gasteiger partial charge in [0, 0.05) is 12.1 Å². The van der Waals surface area contributed by atoms with E-state index in [9.17, 15) is 18.5 Å². The highest BCUT2D eigenvalue weighted by Gasteiger charge is 2.25. The molecule has 1 aromatic heterocycles. The van der Waals surface area contributed by atoms with E-state index in [1.807, 2.05) is 20.8 Å². The number of nitro benzene ring substituents is 1. The van der Waals surface area contributed by atoms with E-state index in [0.717, 1.165) is 6.07 Å². The molecule has 0 saturated heterocycles. The molecule has 2 aromatic rings. The molecule has 0 unspecified atom stereocenters. The Kier molecular flexibility index (Phi) is 5.39. The van der Waals surface area contributed by atoms with E-state index in [4.69, 9.17) is 4.74 Å². The molecule has 0 saturated carbocycles. The average molecular weight is 365 g/mol. The molecule has 9 heteroatoms. The van der Waals surface area contributed by atoms with Crippen molar-refractivity contribution in [1.82, 2.24) is 9.71 Å². The molecule has 0 atom stereocenters. The maximum absolute atomic E-state index is 12.4. The molecule has 25 heavy (non-hydrogen) atoms. The lowest BCUT2D eigenvalue weighted by atomic mass is 10.2. The van der Waals surface area contributed by atoms with Crippen LogP contribution in [-0.2, 0) is 16.6 Å². The maximum atomic E-state index is 12.4. The normalized spacial score (nSPS) is 12.0. The first kappa shape index (κ1) is 18.8. The minimum atomic E-state index is -4.05. The van der Waals surface area contributed by atoms with Gasteiger partial charge in [-0.05, 0) is 32.9 Å². The van der Waals surface area contributed by atoms with Crippen LogP contribution in [0.4, 0.5) is 5.69 Å². The van der Waals surface area contributed by atoms with Crippen LogP contribution >= 0.6 is 0 Å². The third kappa shape index (κ3) is 5.23. The molecule has 1 aromatic carbocycles. The Labute approximate surface area is 146 Å². The number of aromatic nitrogens is 1. The van der Waals surface area contributed by atoms with Gasteiger partial charge in [0.2, 0.25) is 15.9 Å². The summed E-state index contributed by atoms with van der Waals surface area (Å²) in [4.78, 5) is 14.1. The van der Waals surface area contributed by atoms with Gasteiger partial charge >= 0.3 is 0 Å². The Bertz CT molecular complexity index is 875. The zero-order chi connectivity index (χ0) is 18.7. The molecule has 0 aliphatic heterocycles. The zero-order valence-electron chi connectivity index (χ0n) is 14.1. The predicted molar refractivity (Wildman–Crippen MR) is 91.7 cm³/mol. The van der Waals surface area contributed by atoms with Crippen molar-refractivity contribution in [3.63, 3.8) is 0 Å². The first-order chi connectivity index (χ1) is 11.6. The SMILES string of the molecule is CC(C)(C)Oc1cccc(CNS(=O)(=O)c2ccccc2[N+](=O)[O-])n1. The number of nitro groups is 1. The number of hydrogen-bond donors (Lipinski definition) is 1. The van der Waals surface area contributed by atoms with Crippen LogP contribution in [0.15, 0.2) is 47.4 Å². The summed E-state index contributed by atoms with van der Waals surface area (Å²) in [7, 11) is -4.05. The molecule has 1 N–H and O–H groups in total. The van der Waals surface area contributed by atoms with Gasteiger partial charge in [0.15, 0.2) is 4.90 Å². The predicted octanol–water partition coefficient (Wildman–Crippen LogP) is 2.65. The molecule has 0 spiro atoms. The van der Waals surface area contributed by atoms with Crippen molar-refractivity contribution in [2.45, 2.75) is 37.8 Å². The lowest BCUT2D eigenvalue weighted by Gasteiger charge is -2.20. The Balaban J connectivity index is 2.18. The van der Waals surface area contributed by atoms with Crippen molar-refractivity contribution in [1.29, 1.82) is 0 Å². The number of pyridine rings is 1. The van der Waals surface area contributed by atoms with E-state index in [-0.39, 0.29) is 11.4 Å². The summed E-state index contributed by atoms with van der Waals surface area (Å²) < 4.78 is 32.7. The van der Waals surface area contributed by atoms with E-state index in [2.05, 4.69) is 9.71 Å². The third-order valence-corrected chi connectivity index (χ3v) is 4.44. The lowest BCUT2D eigenvalue weighted by molar-refractivity contribution is -0.387. The Morgan fingerprint density at radius 3 is 2.48 bits per heavy atom. The molecule has 0 amide bonds. The second-order valence-electron chi connectivity index (χ2n) is 6.23. The number of sulfonamides is 1. The summed E-state index contributed by atoms with van der Waals surface area (Å²) >= 11 is 0. The third-order valence-electron chi connectivity index (χ3n) is 2.99. The number of hydrogen-bond acceptors (Lipinski definition) is 6. The van der Waals surface area contributed by atoms with Crippen LogP contribution in [-0.4, -0.2) is 23.9 Å². The van der Waals surface area contributed by atoms with Crippen molar-refractivity contribution in [3.05, 3.63) is 58.3 Å². The molecule has 8 nitrogen and oxygen atoms in total. The summed E-state index contributed by atoms with van der Waals surface area (Å²) in [6.45, 7) is 5.51. The fraction of sp³-hybridized carbons (Fsp3) is 0.312. The molecule has 0 bridgehead atoms. The molecule has 0 fully saturated rings. The molecule has 0 radical (unpaired) electrons. The second-order valence-corrected chi connectivity index (χ2v) is 7.97. The van der Waals surface area contributed by atoms with Gasteiger partial charge in [-0.2, -0.15) is 0 Å². The number of rotatable bonds is 6. The van der Waals surface area contributed by atoms with E-state index in [1.165, 1.54) is 18.2 Å². The van der Waals surface area contributed by atoms with Crippen LogP contribution < -0.4 is 9.46 Å². The van der Waals surface area contributed by atoms with E-state index in [1.54, 1.807) is 18.2 Å². The van der Waals surface area contributed by atoms with Crippen molar-refractivity contribution >= 4 is 15.7 Å². The topological polar surface area (TPSA) is 111 Å². The molecule has 0 aliphatic rings. The Morgan fingerprint density at radius 1 is 1.16 bits per heavy atom. The highest BCUT2D eigenvalue weighted by molar-refractivity contribution is 7.89. The first-order valence-electron chi connectivity index (χ1n) is 7.46. The van der Waals surface area contributed by atoms with Crippen molar-refractivity contribution < 1.29 is 18.1 Å². The first-order valence-corrected chi connectivity index (χ1v) is 8.95. The van der Waals surface area contributed by atoms with Crippen LogP contribution in [0.1, 0.15) is 26.5 Å². The zero-order valence-corrected chi connectivity index (χ0v) is 14.9. The van der Waals surface area contributed by atoms with Gasteiger partial charge in [0.25, 0.3) is 5.69 Å². The Morgan fingerprint density at radius 2 is 1.84 bits per heavy atom. The molecule has 2 rings (SSSR count). The number of nitrogens with one attached hydrogen (secondary N) is 1. The maximum Gasteiger partial charge on any atom is 0.289 e. The summed E-state index contributed by atoms with van der Waals surface area (Å²) in [5.41, 5.74) is -0.479. The fourth-order valence-electron chi connectivity index (χ4n) is 2.01. The molecular formula is C16H19N3O5S. The monoisotopic (exact) mass is 365 g/mol. The minimum Gasteiger partial charge on any atom is -0.472 e. The average Bonchev–Trinajstić information content (AvgIpc) is 2.52. The van der Waals surface area contributed by atoms with Crippen LogP contribution in [0, 0.1) is 10.1 Å². The van der Waals surface area contributed by atoms with Gasteiger partial charge < -0.3 is 4.74 Å². The van der Waals surface area contributed by atoms with E-state index in [0.29, 0.717) is 11.6 Å². The standard InChI is InChI=1S/C16H19N3O5S/c1-16(2,3)24-15-10-6-7-12(18-15)11-17-25(22,23)14-9-5-4-8-13(14)19(20)21/h4-10,17H,11H2,1-3H3. The van der Waals surface area contributed by atoms with Crippen LogP contribution in [0.25, 0.3) is 0 Å². The number of para-hydroxylation sites is 1. The van der Waals surface area contributed by atoms with Gasteiger partial charge in [-0.25, -0.2) is 18.1 Å². The largest absolute Gasteiger partial charge is 0.472 e. The summed E-state index contributed by atoms with van der Waals surface area (Å²) in [6.07, 6.45) is 0. The van der Waals surface area contributed by atoms with Gasteiger partial charge in [-0.15, -0.1) is 0 Å². The highest BCUT2D eigenvalue weighted by Crippen LogP contribution is 2.23. The van der Waals surface area contributed by atoms with E-state index < -0.39 is 26.2 Å². The minimum absolute atomic E-state index is 0.115. The van der Waals surface area contributed by atoms with Gasteiger partial charge in [-0.3, -0.25) is 10.1 Å². The van der Waals surface area contributed by atoms with E-state index >= 15 is 0 Å². The number of benzene rings is 1. The number of nitrogens with zero attached hydrogens (tertiary/aromatic N) is 2. The second kappa shape index (κ2) is 7.16. The summed E-state index contributed by atoms with van der Waals surface area (Å²) in [5.74, 6) is 0.370. The lowest BCUT2D eigenvalue weighted by Crippen LogP contribution is -2.26. The summed E-state index contributed by atoms with van der Waals surface area (Å²) in [6, 6.07) is 10.2. The fourth-order valence-corrected chi connectivity index (χ4v) is 3.18. The van der Waals surface area contributed by atoms with Crippen LogP contribution in [0.3, 0.4) is 0 Å². The number of ether oxygens (including phenoxy) is 1.